The molecule has 0 radical (unpaired) electrons. The Morgan fingerprint density at radius 2 is 2.11 bits per heavy atom. The molecule has 1 aromatic carbocycles. The van der Waals surface area contributed by atoms with E-state index in [-0.39, 0.29) is 0 Å². The van der Waals surface area contributed by atoms with Crippen molar-refractivity contribution in [3.05, 3.63) is 54.4 Å². The predicted molar refractivity (Wildman–Crippen MR) is 70.5 cm³/mol. The van der Waals surface area contributed by atoms with Crippen LogP contribution in [0, 0.1) is 11.3 Å². The molecule has 2 heterocycles. The highest BCUT2D eigenvalue weighted by molar-refractivity contribution is 5.83. The fourth-order valence-corrected chi connectivity index (χ4v) is 1.85. The third kappa shape index (κ3) is 1.89. The maximum atomic E-state index is 8.80. The third-order valence-corrected chi connectivity index (χ3v) is 2.69. The summed E-state index contributed by atoms with van der Waals surface area (Å²) < 4.78 is 0. The molecule has 18 heavy (non-hydrogen) atoms. The molecule has 2 aromatic heterocycles. The fourth-order valence-electron chi connectivity index (χ4n) is 1.85. The average Bonchev–Trinajstić information content (AvgIpc) is 2.86. The summed E-state index contributed by atoms with van der Waals surface area (Å²) in [5, 5.41) is 13.1. The summed E-state index contributed by atoms with van der Waals surface area (Å²) >= 11 is 0. The van der Waals surface area contributed by atoms with Crippen molar-refractivity contribution < 1.29 is 0 Å². The Labute approximate surface area is 104 Å². The van der Waals surface area contributed by atoms with Gasteiger partial charge in [0.05, 0.1) is 0 Å². The molecular weight excluding hydrogens is 224 g/mol. The molecule has 0 atom stereocenters. The average molecular weight is 234 g/mol. The molecule has 2 N–H and O–H groups in total. The van der Waals surface area contributed by atoms with E-state index in [0.717, 1.165) is 16.6 Å². The van der Waals surface area contributed by atoms with Crippen molar-refractivity contribution in [2.75, 3.05) is 5.32 Å². The number of benzene rings is 1. The molecule has 0 amide bonds. The molecule has 0 aliphatic carbocycles. The highest BCUT2D eigenvalue weighted by Gasteiger charge is 2.00. The fraction of sp³-hybridized carbons (Fsp3) is 0. The van der Waals surface area contributed by atoms with E-state index in [4.69, 9.17) is 5.26 Å². The van der Waals surface area contributed by atoms with Crippen molar-refractivity contribution in [3.63, 3.8) is 0 Å². The molecule has 0 aliphatic heterocycles. The molecule has 0 fully saturated rings. The second-order valence-electron chi connectivity index (χ2n) is 3.92. The van der Waals surface area contributed by atoms with E-state index in [2.05, 4.69) is 15.3 Å². The smallest absolute Gasteiger partial charge is 0.142 e. The number of nitriles is 1. The van der Waals surface area contributed by atoms with Crippen molar-refractivity contribution in [1.29, 1.82) is 5.26 Å². The number of nitrogens with one attached hydrogen (secondary N) is 2. The van der Waals surface area contributed by atoms with E-state index >= 15 is 0 Å². The van der Waals surface area contributed by atoms with Gasteiger partial charge in [-0.2, -0.15) is 5.26 Å². The van der Waals surface area contributed by atoms with Gasteiger partial charge in [-0.15, -0.1) is 0 Å². The van der Waals surface area contributed by atoms with Gasteiger partial charge in [-0.05, 0) is 36.4 Å². The van der Waals surface area contributed by atoms with E-state index < -0.39 is 0 Å². The lowest BCUT2D eigenvalue weighted by Gasteiger charge is -2.05. The van der Waals surface area contributed by atoms with E-state index in [1.54, 1.807) is 6.07 Å². The molecule has 0 saturated heterocycles. The third-order valence-electron chi connectivity index (χ3n) is 2.69. The normalized spacial score (nSPS) is 10.2. The molecule has 0 spiro atoms. The highest BCUT2D eigenvalue weighted by Crippen LogP contribution is 2.20. The number of H-pyrrole nitrogens is 1. The van der Waals surface area contributed by atoms with Crippen LogP contribution in [0.5, 0.6) is 0 Å². The molecule has 4 nitrogen and oxygen atoms in total. The van der Waals surface area contributed by atoms with Gasteiger partial charge in [0, 0.05) is 22.8 Å². The van der Waals surface area contributed by atoms with Crippen molar-refractivity contribution in [2.45, 2.75) is 0 Å². The van der Waals surface area contributed by atoms with Crippen molar-refractivity contribution in [2.24, 2.45) is 0 Å². The van der Waals surface area contributed by atoms with Gasteiger partial charge in [0.1, 0.15) is 17.6 Å². The Hall–Kier alpha value is -2.80. The van der Waals surface area contributed by atoms with E-state index in [1.807, 2.05) is 48.7 Å². The minimum absolute atomic E-state index is 0.405. The number of anilines is 2. The van der Waals surface area contributed by atoms with Crippen LogP contribution < -0.4 is 5.32 Å². The first kappa shape index (κ1) is 10.4. The first-order valence-electron chi connectivity index (χ1n) is 5.56. The lowest BCUT2D eigenvalue weighted by atomic mass is 10.2. The quantitative estimate of drug-likeness (QED) is 0.715. The molecule has 0 bridgehead atoms. The number of fused-ring (bicyclic) bond motifs is 1. The number of hydrogen-bond acceptors (Lipinski definition) is 3. The van der Waals surface area contributed by atoms with E-state index in [9.17, 15) is 0 Å². The number of aromatic amines is 1. The molecule has 0 unspecified atom stereocenters. The van der Waals surface area contributed by atoms with Crippen LogP contribution >= 0.6 is 0 Å². The van der Waals surface area contributed by atoms with Gasteiger partial charge >= 0.3 is 0 Å². The summed E-state index contributed by atoms with van der Waals surface area (Å²) in [6.45, 7) is 0. The molecule has 3 aromatic rings. The Balaban J connectivity index is 1.93. The Morgan fingerprint density at radius 1 is 1.17 bits per heavy atom. The summed E-state index contributed by atoms with van der Waals surface area (Å²) in [6.07, 6.45) is 1.91. The van der Waals surface area contributed by atoms with Gasteiger partial charge in [0.15, 0.2) is 0 Å². The summed E-state index contributed by atoms with van der Waals surface area (Å²) in [4.78, 5) is 7.32. The van der Waals surface area contributed by atoms with Crippen molar-refractivity contribution >= 4 is 22.4 Å². The lowest BCUT2D eigenvalue weighted by Crippen LogP contribution is -1.94. The lowest BCUT2D eigenvalue weighted by molar-refractivity contribution is 1.26. The second-order valence-corrected chi connectivity index (χ2v) is 3.92. The molecule has 0 aliphatic rings. The number of aromatic nitrogens is 2. The predicted octanol–water partition coefficient (Wildman–Crippen LogP) is 3.18. The summed E-state index contributed by atoms with van der Waals surface area (Å²) in [6, 6.07) is 15.4. The molecular formula is C14H10N4. The minimum Gasteiger partial charge on any atom is -0.361 e. The Morgan fingerprint density at radius 3 is 3.00 bits per heavy atom. The molecule has 0 saturated carbocycles. The monoisotopic (exact) mass is 234 g/mol. The van der Waals surface area contributed by atoms with E-state index in [1.165, 1.54) is 0 Å². The molecule has 3 rings (SSSR count). The van der Waals surface area contributed by atoms with Crippen LogP contribution in [0.3, 0.4) is 0 Å². The summed E-state index contributed by atoms with van der Waals surface area (Å²) in [7, 11) is 0. The van der Waals surface area contributed by atoms with Gasteiger partial charge in [0.2, 0.25) is 0 Å². The Bertz CT molecular complexity index is 737. The SMILES string of the molecule is N#Cc1cccc(Nc2ccc3[nH]ccc3c2)n1. The first-order chi connectivity index (χ1) is 8.85. The molecule has 86 valence electrons. The van der Waals surface area contributed by atoms with Crippen molar-refractivity contribution in [1.82, 2.24) is 9.97 Å². The second kappa shape index (κ2) is 4.22. The van der Waals surface area contributed by atoms with Gasteiger partial charge < -0.3 is 10.3 Å². The zero-order valence-corrected chi connectivity index (χ0v) is 9.51. The Kier molecular flexibility index (Phi) is 2.43. The van der Waals surface area contributed by atoms with Crippen molar-refractivity contribution in [3.8, 4) is 6.07 Å². The number of hydrogen-bond donors (Lipinski definition) is 2. The standard InChI is InChI=1S/C14H10N4/c15-9-12-2-1-3-14(18-12)17-11-4-5-13-10(8-11)6-7-16-13/h1-8,16H,(H,17,18). The maximum Gasteiger partial charge on any atom is 0.142 e. The minimum atomic E-state index is 0.405. The van der Waals surface area contributed by atoms with Crippen LogP contribution in [0.25, 0.3) is 10.9 Å². The van der Waals surface area contributed by atoms with Crippen LogP contribution in [0.4, 0.5) is 11.5 Å². The van der Waals surface area contributed by atoms with Gasteiger partial charge in [-0.3, -0.25) is 0 Å². The van der Waals surface area contributed by atoms with Crippen LogP contribution in [-0.4, -0.2) is 9.97 Å². The van der Waals surface area contributed by atoms with Crippen LogP contribution in [0.2, 0.25) is 0 Å². The van der Waals surface area contributed by atoms with Gasteiger partial charge in [-0.1, -0.05) is 6.07 Å². The topological polar surface area (TPSA) is 64.5 Å². The zero-order chi connectivity index (χ0) is 12.4. The van der Waals surface area contributed by atoms with Gasteiger partial charge in [-0.25, -0.2) is 4.98 Å². The molecule has 4 heteroatoms. The highest BCUT2D eigenvalue weighted by atomic mass is 15.0. The number of rotatable bonds is 2. The first-order valence-corrected chi connectivity index (χ1v) is 5.56. The van der Waals surface area contributed by atoms with Gasteiger partial charge in [0.25, 0.3) is 0 Å². The van der Waals surface area contributed by atoms with E-state index in [0.29, 0.717) is 11.5 Å². The van der Waals surface area contributed by atoms with Crippen LogP contribution in [-0.2, 0) is 0 Å². The number of nitrogens with zero attached hydrogens (tertiary/aromatic N) is 2. The number of pyridine rings is 1. The zero-order valence-electron chi connectivity index (χ0n) is 9.51. The summed E-state index contributed by atoms with van der Waals surface area (Å²) in [5.41, 5.74) is 2.45. The van der Waals surface area contributed by atoms with Crippen LogP contribution in [0.1, 0.15) is 5.69 Å². The maximum absolute atomic E-state index is 8.80. The van der Waals surface area contributed by atoms with Crippen LogP contribution in [0.15, 0.2) is 48.7 Å². The largest absolute Gasteiger partial charge is 0.361 e. The summed E-state index contributed by atoms with van der Waals surface area (Å²) in [5.74, 6) is 0.670.